The Balaban J connectivity index is 2.86. The van der Waals surface area contributed by atoms with E-state index in [4.69, 9.17) is 5.11 Å². The molecule has 1 atom stereocenters. The molecule has 0 bridgehead atoms. The van der Waals surface area contributed by atoms with Crippen LogP contribution in [0.5, 0.6) is 0 Å². The minimum atomic E-state index is -0.769. The van der Waals surface area contributed by atoms with Gasteiger partial charge in [-0.1, -0.05) is 6.92 Å². The fourth-order valence-corrected chi connectivity index (χ4v) is 0.215. The zero-order valence-electron chi connectivity index (χ0n) is 5.26. The molecule has 1 N–H and O–H groups in total. The second-order valence-electron chi connectivity index (χ2n) is 1.37. The van der Waals surface area contributed by atoms with Gasteiger partial charge in [0.05, 0.1) is 6.61 Å². The molecular formula is C5H12O3. The molecule has 0 aromatic carbocycles. The first-order chi connectivity index (χ1) is 3.81. The van der Waals surface area contributed by atoms with Gasteiger partial charge in [-0.15, -0.1) is 0 Å². The first kappa shape index (κ1) is 7.88. The highest BCUT2D eigenvalue weighted by atomic mass is 17.2. The van der Waals surface area contributed by atoms with Crippen molar-refractivity contribution in [3.8, 4) is 0 Å². The maximum absolute atomic E-state index is 8.64. The Hall–Kier alpha value is -0.120. The minimum absolute atomic E-state index is 0.469. The van der Waals surface area contributed by atoms with Gasteiger partial charge in [-0.05, 0) is 13.3 Å². The number of hydrogen-bond donors (Lipinski definition) is 1. The average Bonchev–Trinajstić information content (AvgIpc) is 1.83. The fraction of sp³-hybridized carbons (Fsp3) is 1.00. The lowest BCUT2D eigenvalue weighted by atomic mass is 10.5. The summed E-state index contributed by atoms with van der Waals surface area (Å²) in [7, 11) is 0. The summed E-state index contributed by atoms with van der Waals surface area (Å²) in [6.45, 7) is 4.07. The van der Waals surface area contributed by atoms with Gasteiger partial charge in [-0.3, -0.25) is 0 Å². The Bertz CT molecular complexity index is 46.9. The normalized spacial score (nSPS) is 13.9. The molecule has 0 amide bonds. The highest BCUT2D eigenvalue weighted by Crippen LogP contribution is 1.91. The molecule has 8 heavy (non-hydrogen) atoms. The second kappa shape index (κ2) is 5.03. The van der Waals surface area contributed by atoms with Crippen molar-refractivity contribution in [2.24, 2.45) is 0 Å². The van der Waals surface area contributed by atoms with E-state index in [0.717, 1.165) is 0 Å². The predicted octanol–water partition coefficient (Wildman–Crippen LogP) is 0.683. The molecule has 0 saturated heterocycles. The van der Waals surface area contributed by atoms with Gasteiger partial charge >= 0.3 is 0 Å². The third kappa shape index (κ3) is 4.05. The fourth-order valence-electron chi connectivity index (χ4n) is 0.215. The van der Waals surface area contributed by atoms with Crippen LogP contribution in [0, 0.1) is 0 Å². The minimum Gasteiger partial charge on any atom is -0.366 e. The largest absolute Gasteiger partial charge is 0.366 e. The SMILES string of the molecule is CCOO[C@H](O)CC. The summed E-state index contributed by atoms with van der Waals surface area (Å²) in [5.74, 6) is 0. The smallest absolute Gasteiger partial charge is 0.188 e. The molecule has 0 heterocycles. The van der Waals surface area contributed by atoms with E-state index >= 15 is 0 Å². The number of aliphatic hydroxyl groups is 1. The van der Waals surface area contributed by atoms with Crippen LogP contribution in [-0.4, -0.2) is 18.0 Å². The molecule has 0 aliphatic heterocycles. The molecule has 0 aliphatic carbocycles. The summed E-state index contributed by atoms with van der Waals surface area (Å²) >= 11 is 0. The van der Waals surface area contributed by atoms with Crippen LogP contribution >= 0.6 is 0 Å². The van der Waals surface area contributed by atoms with E-state index in [1.54, 1.807) is 6.92 Å². The topological polar surface area (TPSA) is 38.7 Å². The number of aliphatic hydroxyl groups excluding tert-OH is 1. The van der Waals surface area contributed by atoms with Gasteiger partial charge in [0.2, 0.25) is 0 Å². The Kier molecular flexibility index (Phi) is 4.95. The lowest BCUT2D eigenvalue weighted by molar-refractivity contribution is -0.367. The monoisotopic (exact) mass is 120 g/mol. The molecule has 0 unspecified atom stereocenters. The highest BCUT2D eigenvalue weighted by Gasteiger charge is 1.97. The van der Waals surface area contributed by atoms with Crippen molar-refractivity contribution in [2.75, 3.05) is 6.61 Å². The van der Waals surface area contributed by atoms with Crippen molar-refractivity contribution < 1.29 is 14.9 Å². The average molecular weight is 120 g/mol. The van der Waals surface area contributed by atoms with Gasteiger partial charge in [-0.2, -0.15) is 0 Å². The van der Waals surface area contributed by atoms with Crippen molar-refractivity contribution in [1.29, 1.82) is 0 Å². The lowest BCUT2D eigenvalue weighted by Crippen LogP contribution is -2.10. The lowest BCUT2D eigenvalue weighted by Gasteiger charge is -2.05. The van der Waals surface area contributed by atoms with E-state index in [0.29, 0.717) is 13.0 Å². The quantitative estimate of drug-likeness (QED) is 0.337. The molecule has 50 valence electrons. The summed E-state index contributed by atoms with van der Waals surface area (Å²) in [5, 5.41) is 8.64. The van der Waals surface area contributed by atoms with Gasteiger partial charge < -0.3 is 5.11 Å². The Morgan fingerprint density at radius 3 is 2.50 bits per heavy atom. The summed E-state index contributed by atoms with van der Waals surface area (Å²) < 4.78 is 0. The summed E-state index contributed by atoms with van der Waals surface area (Å²) in [6.07, 6.45) is -0.213. The maximum Gasteiger partial charge on any atom is 0.188 e. The maximum atomic E-state index is 8.64. The van der Waals surface area contributed by atoms with E-state index in [1.165, 1.54) is 0 Å². The van der Waals surface area contributed by atoms with Crippen molar-refractivity contribution in [3.63, 3.8) is 0 Å². The van der Waals surface area contributed by atoms with Crippen LogP contribution in [0.4, 0.5) is 0 Å². The van der Waals surface area contributed by atoms with Crippen molar-refractivity contribution in [1.82, 2.24) is 0 Å². The molecule has 0 spiro atoms. The first-order valence-corrected chi connectivity index (χ1v) is 2.77. The van der Waals surface area contributed by atoms with Crippen LogP contribution in [0.1, 0.15) is 20.3 Å². The molecule has 3 nitrogen and oxygen atoms in total. The molecule has 0 rings (SSSR count). The molecule has 0 aliphatic rings. The molecule has 0 aromatic heterocycles. The third-order valence-electron chi connectivity index (χ3n) is 0.646. The number of hydrogen-bond acceptors (Lipinski definition) is 3. The van der Waals surface area contributed by atoms with E-state index in [9.17, 15) is 0 Å². The van der Waals surface area contributed by atoms with Crippen molar-refractivity contribution in [2.45, 2.75) is 26.6 Å². The third-order valence-corrected chi connectivity index (χ3v) is 0.646. The van der Waals surface area contributed by atoms with E-state index in [2.05, 4.69) is 9.78 Å². The van der Waals surface area contributed by atoms with Crippen LogP contribution in [0.2, 0.25) is 0 Å². The molecule has 0 radical (unpaired) electrons. The molecule has 0 aromatic rings. The van der Waals surface area contributed by atoms with Crippen molar-refractivity contribution in [3.05, 3.63) is 0 Å². The highest BCUT2D eigenvalue weighted by molar-refractivity contribution is 4.25. The first-order valence-electron chi connectivity index (χ1n) is 2.77. The summed E-state index contributed by atoms with van der Waals surface area (Å²) in [5.41, 5.74) is 0. The van der Waals surface area contributed by atoms with Gasteiger partial charge in [0.15, 0.2) is 6.29 Å². The summed E-state index contributed by atoms with van der Waals surface area (Å²) in [6, 6.07) is 0. The Morgan fingerprint density at radius 1 is 1.50 bits per heavy atom. The number of rotatable bonds is 4. The van der Waals surface area contributed by atoms with Crippen LogP contribution in [0.25, 0.3) is 0 Å². The molecular weight excluding hydrogens is 108 g/mol. The van der Waals surface area contributed by atoms with Gasteiger partial charge in [0.25, 0.3) is 0 Å². The zero-order valence-corrected chi connectivity index (χ0v) is 5.26. The second-order valence-corrected chi connectivity index (χ2v) is 1.37. The Labute approximate surface area is 49.1 Å². The van der Waals surface area contributed by atoms with E-state index in [-0.39, 0.29) is 0 Å². The molecule has 0 saturated carbocycles. The van der Waals surface area contributed by atoms with Crippen LogP contribution in [0.15, 0.2) is 0 Å². The molecule has 0 fully saturated rings. The standard InChI is InChI=1S/C5H12O3/c1-3-5(6)8-7-4-2/h5-6H,3-4H2,1-2H3/t5-/m0/s1. The van der Waals surface area contributed by atoms with Crippen LogP contribution < -0.4 is 0 Å². The van der Waals surface area contributed by atoms with Gasteiger partial charge in [0, 0.05) is 0 Å². The van der Waals surface area contributed by atoms with E-state index in [1.807, 2.05) is 6.92 Å². The van der Waals surface area contributed by atoms with Gasteiger partial charge in [0.1, 0.15) is 0 Å². The van der Waals surface area contributed by atoms with E-state index < -0.39 is 6.29 Å². The van der Waals surface area contributed by atoms with Gasteiger partial charge in [-0.25, -0.2) is 9.78 Å². The Morgan fingerprint density at radius 2 is 2.12 bits per heavy atom. The van der Waals surface area contributed by atoms with Crippen LogP contribution in [0.3, 0.4) is 0 Å². The van der Waals surface area contributed by atoms with Crippen molar-refractivity contribution >= 4 is 0 Å². The molecule has 3 heteroatoms. The summed E-state index contributed by atoms with van der Waals surface area (Å²) in [4.78, 5) is 8.83. The predicted molar refractivity (Wildman–Crippen MR) is 29.0 cm³/mol. The van der Waals surface area contributed by atoms with Crippen LogP contribution in [-0.2, 0) is 9.78 Å². The zero-order chi connectivity index (χ0) is 6.41.